The first-order chi connectivity index (χ1) is 9.19. The van der Waals surface area contributed by atoms with Crippen LogP contribution in [-0.2, 0) is 6.42 Å². The fraction of sp³-hybridized carbons (Fsp3) is 0.333. The van der Waals surface area contributed by atoms with Crippen LogP contribution in [0.1, 0.15) is 29.0 Å². The van der Waals surface area contributed by atoms with E-state index in [-0.39, 0.29) is 0 Å². The Balaban J connectivity index is 2.40. The van der Waals surface area contributed by atoms with Crippen LogP contribution in [0.4, 0.5) is 0 Å². The molecule has 4 heteroatoms. The molecular weight excluding hydrogens is 260 g/mol. The van der Waals surface area contributed by atoms with E-state index < -0.39 is 6.10 Å². The molecule has 0 aliphatic carbocycles. The fourth-order valence-corrected chi connectivity index (χ4v) is 3.03. The van der Waals surface area contributed by atoms with Crippen LogP contribution >= 0.6 is 11.3 Å². The number of benzene rings is 1. The number of methoxy groups -OCH3 is 2. The molecule has 102 valence electrons. The van der Waals surface area contributed by atoms with Crippen LogP contribution in [0.15, 0.2) is 29.6 Å². The monoisotopic (exact) mass is 278 g/mol. The summed E-state index contributed by atoms with van der Waals surface area (Å²) in [6.45, 7) is 2.09. The maximum Gasteiger partial charge on any atom is 0.122 e. The molecule has 1 atom stereocenters. The van der Waals surface area contributed by atoms with E-state index in [0.717, 1.165) is 16.9 Å². The molecular formula is C15H18O3S. The number of rotatable bonds is 5. The summed E-state index contributed by atoms with van der Waals surface area (Å²) in [6.07, 6.45) is 0.274. The van der Waals surface area contributed by atoms with Gasteiger partial charge in [0.1, 0.15) is 17.6 Å². The third-order valence-corrected chi connectivity index (χ3v) is 4.11. The first kappa shape index (κ1) is 13.9. The van der Waals surface area contributed by atoms with Crippen molar-refractivity contribution in [1.29, 1.82) is 0 Å². The Morgan fingerprint density at radius 1 is 1.16 bits per heavy atom. The van der Waals surface area contributed by atoms with Gasteiger partial charge in [0.25, 0.3) is 0 Å². The van der Waals surface area contributed by atoms with Crippen LogP contribution in [0.25, 0.3) is 0 Å². The Hall–Kier alpha value is -1.52. The van der Waals surface area contributed by atoms with Crippen molar-refractivity contribution in [3.8, 4) is 11.5 Å². The lowest BCUT2D eigenvalue weighted by Gasteiger charge is -2.14. The summed E-state index contributed by atoms with van der Waals surface area (Å²) in [6, 6.07) is 7.53. The molecule has 19 heavy (non-hydrogen) atoms. The zero-order valence-electron chi connectivity index (χ0n) is 11.3. The molecule has 0 aliphatic rings. The van der Waals surface area contributed by atoms with Crippen LogP contribution in [0.5, 0.6) is 11.5 Å². The van der Waals surface area contributed by atoms with Gasteiger partial charge in [0.2, 0.25) is 0 Å². The summed E-state index contributed by atoms with van der Waals surface area (Å²) < 4.78 is 10.5. The van der Waals surface area contributed by atoms with Gasteiger partial charge in [0, 0.05) is 10.9 Å². The Bertz CT molecular complexity index is 526. The molecule has 2 rings (SSSR count). The van der Waals surface area contributed by atoms with Gasteiger partial charge in [-0.1, -0.05) is 6.92 Å². The standard InChI is InChI=1S/C15H18O3S/c1-4-10-5-6-19-15(10)14(16)11-7-12(17-2)9-13(8-11)18-3/h5-9,14,16H,4H2,1-3H3. The fourth-order valence-electron chi connectivity index (χ4n) is 2.02. The lowest BCUT2D eigenvalue weighted by molar-refractivity contribution is 0.222. The van der Waals surface area contributed by atoms with E-state index >= 15 is 0 Å². The van der Waals surface area contributed by atoms with Crippen molar-refractivity contribution >= 4 is 11.3 Å². The van der Waals surface area contributed by atoms with Crippen LogP contribution < -0.4 is 9.47 Å². The number of aliphatic hydroxyl groups is 1. The molecule has 3 nitrogen and oxygen atoms in total. The first-order valence-corrected chi connectivity index (χ1v) is 7.04. The van der Waals surface area contributed by atoms with Crippen molar-refractivity contribution in [3.05, 3.63) is 45.6 Å². The molecule has 0 radical (unpaired) electrons. The molecule has 0 saturated carbocycles. The van der Waals surface area contributed by atoms with Crippen LogP contribution in [0.3, 0.4) is 0 Å². The van der Waals surface area contributed by atoms with Crippen molar-refractivity contribution in [2.24, 2.45) is 0 Å². The average molecular weight is 278 g/mol. The van der Waals surface area contributed by atoms with Crippen molar-refractivity contribution in [1.82, 2.24) is 0 Å². The molecule has 1 unspecified atom stereocenters. The molecule has 0 saturated heterocycles. The van der Waals surface area contributed by atoms with Gasteiger partial charge in [-0.2, -0.15) is 0 Å². The second-order valence-corrected chi connectivity index (χ2v) is 5.16. The molecule has 0 amide bonds. The molecule has 0 spiro atoms. The van der Waals surface area contributed by atoms with Crippen molar-refractivity contribution in [2.45, 2.75) is 19.4 Å². The minimum atomic E-state index is -0.640. The van der Waals surface area contributed by atoms with Gasteiger partial charge >= 0.3 is 0 Å². The Morgan fingerprint density at radius 2 is 1.79 bits per heavy atom. The Kier molecular flexibility index (Phi) is 4.45. The Morgan fingerprint density at radius 3 is 2.32 bits per heavy atom. The van der Waals surface area contributed by atoms with E-state index in [2.05, 4.69) is 13.0 Å². The van der Waals surface area contributed by atoms with E-state index in [1.54, 1.807) is 31.6 Å². The lowest BCUT2D eigenvalue weighted by Crippen LogP contribution is -2.01. The summed E-state index contributed by atoms with van der Waals surface area (Å²) in [5.74, 6) is 1.37. The van der Waals surface area contributed by atoms with Crippen molar-refractivity contribution in [2.75, 3.05) is 14.2 Å². The molecule has 1 heterocycles. The summed E-state index contributed by atoms with van der Waals surface area (Å²) in [4.78, 5) is 0.984. The zero-order valence-corrected chi connectivity index (χ0v) is 12.2. The van der Waals surface area contributed by atoms with Gasteiger partial charge in [-0.25, -0.2) is 0 Å². The molecule has 0 fully saturated rings. The molecule has 1 N–H and O–H groups in total. The molecule has 1 aromatic carbocycles. The number of hydrogen-bond donors (Lipinski definition) is 1. The van der Waals surface area contributed by atoms with Gasteiger partial charge in [-0.15, -0.1) is 11.3 Å². The molecule has 2 aromatic rings. The zero-order chi connectivity index (χ0) is 13.8. The highest BCUT2D eigenvalue weighted by Crippen LogP contribution is 2.34. The van der Waals surface area contributed by atoms with E-state index in [1.807, 2.05) is 17.5 Å². The number of aliphatic hydroxyl groups excluding tert-OH is 1. The predicted molar refractivity (Wildman–Crippen MR) is 77.3 cm³/mol. The third kappa shape index (κ3) is 2.91. The van der Waals surface area contributed by atoms with Gasteiger partial charge in [0.15, 0.2) is 0 Å². The van der Waals surface area contributed by atoms with E-state index in [4.69, 9.17) is 9.47 Å². The highest BCUT2D eigenvalue weighted by molar-refractivity contribution is 7.10. The van der Waals surface area contributed by atoms with Gasteiger partial charge < -0.3 is 14.6 Å². The lowest BCUT2D eigenvalue weighted by atomic mass is 10.0. The van der Waals surface area contributed by atoms with Gasteiger partial charge in [-0.05, 0) is 41.1 Å². The average Bonchev–Trinajstić information content (AvgIpc) is 2.94. The SMILES string of the molecule is CCc1ccsc1C(O)c1cc(OC)cc(OC)c1. The summed E-state index contributed by atoms with van der Waals surface area (Å²) in [5.41, 5.74) is 1.97. The second kappa shape index (κ2) is 6.08. The number of thiophene rings is 1. The van der Waals surface area contributed by atoms with Crippen molar-refractivity contribution < 1.29 is 14.6 Å². The maximum absolute atomic E-state index is 10.5. The molecule has 0 bridgehead atoms. The number of ether oxygens (including phenoxy) is 2. The highest BCUT2D eigenvalue weighted by atomic mass is 32.1. The quantitative estimate of drug-likeness (QED) is 0.911. The third-order valence-electron chi connectivity index (χ3n) is 3.10. The Labute approximate surface area is 117 Å². The molecule has 1 aromatic heterocycles. The van der Waals surface area contributed by atoms with Gasteiger partial charge in [-0.3, -0.25) is 0 Å². The summed E-state index contributed by atoms with van der Waals surface area (Å²) in [5, 5.41) is 12.5. The maximum atomic E-state index is 10.5. The normalized spacial score (nSPS) is 12.2. The van der Waals surface area contributed by atoms with Gasteiger partial charge in [0.05, 0.1) is 14.2 Å². The van der Waals surface area contributed by atoms with Crippen LogP contribution in [0, 0.1) is 0 Å². The largest absolute Gasteiger partial charge is 0.497 e. The van der Waals surface area contributed by atoms with Crippen LogP contribution in [-0.4, -0.2) is 19.3 Å². The topological polar surface area (TPSA) is 38.7 Å². The number of aryl methyl sites for hydroxylation is 1. The minimum Gasteiger partial charge on any atom is -0.497 e. The van der Waals surface area contributed by atoms with E-state index in [1.165, 1.54) is 5.56 Å². The highest BCUT2D eigenvalue weighted by Gasteiger charge is 2.17. The summed E-state index contributed by atoms with van der Waals surface area (Å²) in [7, 11) is 3.21. The first-order valence-electron chi connectivity index (χ1n) is 6.16. The van der Waals surface area contributed by atoms with Crippen LogP contribution in [0.2, 0.25) is 0 Å². The minimum absolute atomic E-state index is 0.640. The summed E-state index contributed by atoms with van der Waals surface area (Å²) >= 11 is 1.57. The number of hydrogen-bond acceptors (Lipinski definition) is 4. The van der Waals surface area contributed by atoms with E-state index in [9.17, 15) is 5.11 Å². The predicted octanol–water partition coefficient (Wildman–Crippen LogP) is 3.41. The second-order valence-electron chi connectivity index (χ2n) is 4.21. The van der Waals surface area contributed by atoms with Crippen molar-refractivity contribution in [3.63, 3.8) is 0 Å². The molecule has 0 aliphatic heterocycles. The van der Waals surface area contributed by atoms with E-state index in [0.29, 0.717) is 11.5 Å². The smallest absolute Gasteiger partial charge is 0.122 e.